The Morgan fingerprint density at radius 1 is 1.10 bits per heavy atom. The average molecular weight is 394 g/mol. The van der Waals surface area contributed by atoms with Gasteiger partial charge in [0.15, 0.2) is 17.2 Å². The van der Waals surface area contributed by atoms with Crippen LogP contribution in [0.4, 0.5) is 0 Å². The third-order valence-corrected chi connectivity index (χ3v) is 4.51. The van der Waals surface area contributed by atoms with Gasteiger partial charge in [-0.15, -0.1) is 0 Å². The van der Waals surface area contributed by atoms with Gasteiger partial charge in [0.1, 0.15) is 0 Å². The van der Waals surface area contributed by atoms with E-state index in [1.165, 1.54) is 4.68 Å². The van der Waals surface area contributed by atoms with Crippen LogP contribution < -0.4 is 20.5 Å². The van der Waals surface area contributed by atoms with Crippen LogP contribution in [0.25, 0.3) is 10.8 Å². The standard InChI is InChI=1S/C21H22N4O4/c1-5-25-21(27)16-9-7-6-8-15(16)19(24-25)20(26)23-22-13(2)14-10-11-17(28-3)18(12-14)29-4/h6-12H,5H2,1-4H3,(H,23,26)/b22-13-. The number of hydrazone groups is 1. The summed E-state index contributed by atoms with van der Waals surface area (Å²) in [6, 6.07) is 12.2. The fourth-order valence-electron chi connectivity index (χ4n) is 2.93. The number of carbonyl (C=O) groups is 1. The normalized spacial score (nSPS) is 11.4. The van der Waals surface area contributed by atoms with Crippen LogP contribution in [-0.2, 0) is 6.54 Å². The zero-order chi connectivity index (χ0) is 21.0. The van der Waals surface area contributed by atoms with Crippen molar-refractivity contribution in [1.29, 1.82) is 0 Å². The number of aryl methyl sites for hydroxylation is 1. The summed E-state index contributed by atoms with van der Waals surface area (Å²) in [6.07, 6.45) is 0. The second kappa shape index (κ2) is 8.55. The summed E-state index contributed by atoms with van der Waals surface area (Å²) in [5.74, 6) is 0.669. The van der Waals surface area contributed by atoms with Crippen LogP contribution in [0.3, 0.4) is 0 Å². The smallest absolute Gasteiger partial charge is 0.292 e. The molecule has 1 amide bonds. The van der Waals surface area contributed by atoms with Gasteiger partial charge in [0, 0.05) is 17.5 Å². The molecular formula is C21H22N4O4. The van der Waals surface area contributed by atoms with Crippen LogP contribution in [0.1, 0.15) is 29.9 Å². The van der Waals surface area contributed by atoms with Crippen LogP contribution in [0.5, 0.6) is 11.5 Å². The molecule has 1 aromatic heterocycles. The van der Waals surface area contributed by atoms with Gasteiger partial charge in [0.2, 0.25) is 0 Å². The number of methoxy groups -OCH3 is 2. The molecule has 3 rings (SSSR count). The molecular weight excluding hydrogens is 372 g/mol. The minimum Gasteiger partial charge on any atom is -0.493 e. The highest BCUT2D eigenvalue weighted by molar-refractivity contribution is 6.06. The molecule has 0 spiro atoms. The zero-order valence-electron chi connectivity index (χ0n) is 16.7. The number of amides is 1. The lowest BCUT2D eigenvalue weighted by Gasteiger charge is -2.10. The Morgan fingerprint density at radius 3 is 2.45 bits per heavy atom. The lowest BCUT2D eigenvalue weighted by atomic mass is 10.1. The molecule has 1 heterocycles. The zero-order valence-corrected chi connectivity index (χ0v) is 16.7. The highest BCUT2D eigenvalue weighted by Crippen LogP contribution is 2.27. The largest absolute Gasteiger partial charge is 0.493 e. The van der Waals surface area contributed by atoms with Crippen molar-refractivity contribution in [1.82, 2.24) is 15.2 Å². The van der Waals surface area contributed by atoms with E-state index in [-0.39, 0.29) is 11.3 Å². The fraction of sp³-hybridized carbons (Fsp3) is 0.238. The maximum Gasteiger partial charge on any atom is 0.292 e. The second-order valence-electron chi connectivity index (χ2n) is 6.22. The van der Waals surface area contributed by atoms with Crippen LogP contribution >= 0.6 is 0 Å². The van der Waals surface area contributed by atoms with Gasteiger partial charge in [-0.2, -0.15) is 10.2 Å². The fourth-order valence-corrected chi connectivity index (χ4v) is 2.93. The van der Waals surface area contributed by atoms with Crippen molar-refractivity contribution in [3.63, 3.8) is 0 Å². The average Bonchev–Trinajstić information content (AvgIpc) is 2.77. The van der Waals surface area contributed by atoms with Gasteiger partial charge in [0.05, 0.1) is 25.3 Å². The highest BCUT2D eigenvalue weighted by atomic mass is 16.5. The van der Waals surface area contributed by atoms with Gasteiger partial charge in [-0.05, 0) is 38.1 Å². The summed E-state index contributed by atoms with van der Waals surface area (Å²) in [7, 11) is 3.11. The minimum atomic E-state index is -0.497. The van der Waals surface area contributed by atoms with Crippen molar-refractivity contribution >= 4 is 22.4 Å². The van der Waals surface area contributed by atoms with Gasteiger partial charge < -0.3 is 9.47 Å². The lowest BCUT2D eigenvalue weighted by molar-refractivity contribution is 0.0949. The van der Waals surface area contributed by atoms with Gasteiger partial charge in [-0.3, -0.25) is 9.59 Å². The van der Waals surface area contributed by atoms with Gasteiger partial charge in [-0.1, -0.05) is 18.2 Å². The van der Waals surface area contributed by atoms with Crippen molar-refractivity contribution in [2.45, 2.75) is 20.4 Å². The summed E-state index contributed by atoms with van der Waals surface area (Å²) >= 11 is 0. The van der Waals surface area contributed by atoms with E-state index in [0.717, 1.165) is 5.56 Å². The molecule has 0 fully saturated rings. The predicted molar refractivity (Wildman–Crippen MR) is 111 cm³/mol. The monoisotopic (exact) mass is 394 g/mol. The summed E-state index contributed by atoms with van der Waals surface area (Å²) in [4.78, 5) is 25.2. The molecule has 1 N–H and O–H groups in total. The summed E-state index contributed by atoms with van der Waals surface area (Å²) in [6.45, 7) is 3.92. The van der Waals surface area contributed by atoms with Crippen molar-refractivity contribution in [2.24, 2.45) is 5.10 Å². The number of hydrogen-bond donors (Lipinski definition) is 1. The first kappa shape index (κ1) is 20.1. The molecule has 150 valence electrons. The number of ether oxygens (including phenoxy) is 2. The quantitative estimate of drug-likeness (QED) is 0.512. The molecule has 0 aliphatic rings. The molecule has 0 aliphatic carbocycles. The molecule has 0 aliphatic heterocycles. The van der Waals surface area contributed by atoms with E-state index in [4.69, 9.17) is 9.47 Å². The molecule has 0 radical (unpaired) electrons. The number of hydrogen-bond acceptors (Lipinski definition) is 6. The molecule has 0 saturated carbocycles. The maximum absolute atomic E-state index is 12.8. The van der Waals surface area contributed by atoms with E-state index in [1.807, 2.05) is 6.07 Å². The summed E-state index contributed by atoms with van der Waals surface area (Å²) in [5.41, 5.74) is 3.78. The van der Waals surface area contributed by atoms with Crippen LogP contribution in [0.15, 0.2) is 52.4 Å². The van der Waals surface area contributed by atoms with Crippen LogP contribution in [0, 0.1) is 0 Å². The van der Waals surface area contributed by atoms with Crippen molar-refractivity contribution in [2.75, 3.05) is 14.2 Å². The third-order valence-electron chi connectivity index (χ3n) is 4.51. The highest BCUT2D eigenvalue weighted by Gasteiger charge is 2.16. The molecule has 0 unspecified atom stereocenters. The number of rotatable bonds is 6. The lowest BCUT2D eigenvalue weighted by Crippen LogP contribution is -2.28. The number of nitrogens with zero attached hydrogens (tertiary/aromatic N) is 3. The SMILES string of the molecule is CCn1nc(C(=O)N/N=C(/C)c2ccc(OC)c(OC)c2)c2ccccc2c1=O. The van der Waals surface area contributed by atoms with Crippen molar-refractivity contribution < 1.29 is 14.3 Å². The van der Waals surface area contributed by atoms with Gasteiger partial charge >= 0.3 is 0 Å². The number of nitrogens with one attached hydrogen (secondary N) is 1. The van der Waals surface area contributed by atoms with E-state index in [2.05, 4.69) is 15.6 Å². The molecule has 3 aromatic rings. The molecule has 0 saturated heterocycles. The molecule has 29 heavy (non-hydrogen) atoms. The molecule has 8 nitrogen and oxygen atoms in total. The van der Waals surface area contributed by atoms with Gasteiger partial charge in [0.25, 0.3) is 11.5 Å². The number of benzene rings is 2. The predicted octanol–water partition coefficient (Wildman–Crippen LogP) is 2.59. The van der Waals surface area contributed by atoms with E-state index < -0.39 is 5.91 Å². The Balaban J connectivity index is 1.93. The Labute approximate surface area is 167 Å². The molecule has 8 heteroatoms. The van der Waals surface area contributed by atoms with E-state index >= 15 is 0 Å². The van der Waals surface area contributed by atoms with Gasteiger partial charge in [-0.25, -0.2) is 10.1 Å². The second-order valence-corrected chi connectivity index (χ2v) is 6.22. The third kappa shape index (κ3) is 3.96. The summed E-state index contributed by atoms with van der Waals surface area (Å²) < 4.78 is 11.8. The van der Waals surface area contributed by atoms with E-state index in [9.17, 15) is 9.59 Å². The minimum absolute atomic E-state index is 0.144. The Hall–Kier alpha value is -3.68. The molecule has 2 aromatic carbocycles. The Morgan fingerprint density at radius 2 is 1.79 bits per heavy atom. The van der Waals surface area contributed by atoms with E-state index in [0.29, 0.717) is 34.5 Å². The van der Waals surface area contributed by atoms with Crippen LogP contribution in [-0.4, -0.2) is 35.6 Å². The first-order valence-electron chi connectivity index (χ1n) is 9.07. The number of carbonyl (C=O) groups excluding carboxylic acids is 1. The first-order chi connectivity index (χ1) is 14.0. The number of aromatic nitrogens is 2. The summed E-state index contributed by atoms with van der Waals surface area (Å²) in [5, 5.41) is 9.31. The molecule has 0 atom stereocenters. The maximum atomic E-state index is 12.8. The van der Waals surface area contributed by atoms with Crippen LogP contribution in [0.2, 0.25) is 0 Å². The Kier molecular flexibility index (Phi) is 5.92. The number of fused-ring (bicyclic) bond motifs is 1. The first-order valence-corrected chi connectivity index (χ1v) is 9.07. The van der Waals surface area contributed by atoms with Crippen molar-refractivity contribution in [3.8, 4) is 11.5 Å². The van der Waals surface area contributed by atoms with Crippen molar-refractivity contribution in [3.05, 3.63) is 64.1 Å². The molecule has 0 bridgehead atoms. The topological polar surface area (TPSA) is 94.8 Å². The van der Waals surface area contributed by atoms with E-state index in [1.54, 1.807) is 64.5 Å². The Bertz CT molecular complexity index is 1150.